The molecule has 7 heteroatoms. The highest BCUT2D eigenvalue weighted by Crippen LogP contribution is 2.24. The van der Waals surface area contributed by atoms with Crippen LogP contribution in [0, 0.1) is 5.92 Å². The van der Waals surface area contributed by atoms with Gasteiger partial charge in [-0.15, -0.1) is 0 Å². The van der Waals surface area contributed by atoms with Gasteiger partial charge in [-0.2, -0.15) is 5.10 Å². The van der Waals surface area contributed by atoms with E-state index in [1.54, 1.807) is 30.4 Å². The number of hydrogen-bond donors (Lipinski definition) is 0. The van der Waals surface area contributed by atoms with Gasteiger partial charge in [-0.3, -0.25) is 14.6 Å². The highest BCUT2D eigenvalue weighted by molar-refractivity contribution is 5.76. The van der Waals surface area contributed by atoms with Crippen LogP contribution in [0.25, 0.3) is 0 Å². The first-order chi connectivity index (χ1) is 13.0. The van der Waals surface area contributed by atoms with Gasteiger partial charge in [0.15, 0.2) is 0 Å². The molecule has 144 valence electrons. The van der Waals surface area contributed by atoms with Crippen LogP contribution in [-0.4, -0.2) is 52.3 Å². The molecule has 1 aliphatic heterocycles. The monoisotopic (exact) mass is 369 g/mol. The van der Waals surface area contributed by atoms with Crippen molar-refractivity contribution >= 4 is 11.6 Å². The molecule has 1 atom stereocenters. The van der Waals surface area contributed by atoms with Gasteiger partial charge in [-0.1, -0.05) is 6.07 Å². The van der Waals surface area contributed by atoms with Gasteiger partial charge in [0.25, 0.3) is 5.56 Å². The van der Waals surface area contributed by atoms with Crippen LogP contribution in [0.1, 0.15) is 25.0 Å². The van der Waals surface area contributed by atoms with E-state index in [4.69, 9.17) is 0 Å². The Labute approximate surface area is 159 Å². The van der Waals surface area contributed by atoms with E-state index < -0.39 is 0 Å². The van der Waals surface area contributed by atoms with Gasteiger partial charge in [0.2, 0.25) is 5.91 Å². The average molecular weight is 369 g/mol. The lowest BCUT2D eigenvalue weighted by atomic mass is 9.94. The molecule has 2 aromatic rings. The fourth-order valence-electron chi connectivity index (χ4n) is 3.45. The first-order valence-corrected chi connectivity index (χ1v) is 9.45. The summed E-state index contributed by atoms with van der Waals surface area (Å²) in [5, 5.41) is 4.10. The fraction of sp³-hybridized carbons (Fsp3) is 0.500. The van der Waals surface area contributed by atoms with Crippen molar-refractivity contribution in [2.75, 3.05) is 31.6 Å². The number of amides is 1. The van der Waals surface area contributed by atoms with Crippen molar-refractivity contribution in [3.8, 4) is 0 Å². The Morgan fingerprint density at radius 3 is 2.96 bits per heavy atom. The van der Waals surface area contributed by atoms with E-state index in [1.807, 2.05) is 25.2 Å². The van der Waals surface area contributed by atoms with Crippen molar-refractivity contribution in [2.24, 2.45) is 13.0 Å². The summed E-state index contributed by atoms with van der Waals surface area (Å²) < 4.78 is 1.32. The van der Waals surface area contributed by atoms with Gasteiger partial charge < -0.3 is 9.80 Å². The van der Waals surface area contributed by atoms with Gasteiger partial charge in [0.1, 0.15) is 0 Å². The second-order valence-electron chi connectivity index (χ2n) is 7.22. The van der Waals surface area contributed by atoms with Crippen LogP contribution in [0.4, 0.5) is 5.69 Å². The highest BCUT2D eigenvalue weighted by atomic mass is 16.2. The summed E-state index contributed by atoms with van der Waals surface area (Å²) in [6, 6.07) is 7.46. The third-order valence-electron chi connectivity index (χ3n) is 5.16. The Morgan fingerprint density at radius 2 is 2.22 bits per heavy atom. The summed E-state index contributed by atoms with van der Waals surface area (Å²) in [7, 11) is 3.50. The Morgan fingerprint density at radius 1 is 1.37 bits per heavy atom. The number of aryl methyl sites for hydroxylation is 1. The van der Waals surface area contributed by atoms with Crippen molar-refractivity contribution in [3.63, 3.8) is 0 Å². The van der Waals surface area contributed by atoms with Crippen LogP contribution >= 0.6 is 0 Å². The van der Waals surface area contributed by atoms with E-state index in [-0.39, 0.29) is 11.5 Å². The first kappa shape index (κ1) is 19.1. The molecule has 3 heterocycles. The number of aromatic nitrogens is 3. The molecule has 2 aromatic heterocycles. The number of carbonyl (C=O) groups excluding carboxylic acids is 1. The van der Waals surface area contributed by atoms with Crippen LogP contribution in [0.3, 0.4) is 0 Å². The number of carbonyl (C=O) groups is 1. The zero-order valence-corrected chi connectivity index (χ0v) is 16.0. The number of rotatable bonds is 6. The molecule has 1 amide bonds. The van der Waals surface area contributed by atoms with Crippen LogP contribution < -0.4 is 10.5 Å². The number of nitrogens with zero attached hydrogens (tertiary/aromatic N) is 5. The van der Waals surface area contributed by atoms with Gasteiger partial charge in [0.05, 0.1) is 11.9 Å². The van der Waals surface area contributed by atoms with E-state index in [1.165, 1.54) is 4.68 Å². The SMILES string of the molecule is CN(CCc1ccccn1)C(=O)CC1CCCN(c2cnn(C)c(=O)c2)C1. The Bertz CT molecular complexity index is 821. The van der Waals surface area contributed by atoms with Crippen molar-refractivity contribution in [2.45, 2.75) is 25.7 Å². The zero-order valence-electron chi connectivity index (χ0n) is 16.0. The summed E-state index contributed by atoms with van der Waals surface area (Å²) in [6.07, 6.45) is 6.86. The maximum atomic E-state index is 12.6. The molecule has 1 fully saturated rings. The van der Waals surface area contributed by atoms with Crippen LogP contribution in [0.2, 0.25) is 0 Å². The van der Waals surface area contributed by atoms with Gasteiger partial charge in [0, 0.05) is 64.5 Å². The molecule has 0 spiro atoms. The third kappa shape index (κ3) is 5.15. The Kier molecular flexibility index (Phi) is 6.21. The molecule has 27 heavy (non-hydrogen) atoms. The summed E-state index contributed by atoms with van der Waals surface area (Å²) in [6.45, 7) is 2.36. The molecular weight excluding hydrogens is 342 g/mol. The molecule has 0 saturated carbocycles. The molecule has 0 N–H and O–H groups in total. The molecule has 0 aromatic carbocycles. The predicted molar refractivity (Wildman–Crippen MR) is 105 cm³/mol. The van der Waals surface area contributed by atoms with Crippen molar-refractivity contribution < 1.29 is 4.79 Å². The average Bonchev–Trinajstić information content (AvgIpc) is 2.69. The largest absolute Gasteiger partial charge is 0.370 e. The zero-order chi connectivity index (χ0) is 19.2. The van der Waals surface area contributed by atoms with Gasteiger partial charge in [-0.25, -0.2) is 4.68 Å². The maximum Gasteiger partial charge on any atom is 0.268 e. The van der Waals surface area contributed by atoms with Gasteiger partial charge >= 0.3 is 0 Å². The fourth-order valence-corrected chi connectivity index (χ4v) is 3.45. The third-order valence-corrected chi connectivity index (χ3v) is 5.16. The summed E-state index contributed by atoms with van der Waals surface area (Å²) in [5.74, 6) is 0.465. The van der Waals surface area contributed by atoms with Crippen molar-refractivity contribution in [1.29, 1.82) is 0 Å². The lowest BCUT2D eigenvalue weighted by Gasteiger charge is -2.34. The molecule has 3 rings (SSSR count). The normalized spacial score (nSPS) is 17.0. The standard InChI is InChI=1S/C20H27N5O2/c1-23(11-8-17-7-3-4-9-21-17)19(26)12-16-6-5-10-25(15-16)18-13-20(27)24(2)22-14-18/h3-4,7,9,13-14,16H,5-6,8,10-12,15H2,1-2H3. The number of pyridine rings is 1. The Balaban J connectivity index is 1.52. The van der Waals surface area contributed by atoms with Crippen LogP contribution in [0.5, 0.6) is 0 Å². The topological polar surface area (TPSA) is 71.3 Å². The smallest absolute Gasteiger partial charge is 0.268 e. The molecular formula is C20H27N5O2. The lowest BCUT2D eigenvalue weighted by molar-refractivity contribution is -0.130. The number of anilines is 1. The van der Waals surface area contributed by atoms with Crippen molar-refractivity contribution in [1.82, 2.24) is 19.7 Å². The van der Waals surface area contributed by atoms with E-state index in [9.17, 15) is 9.59 Å². The molecule has 1 unspecified atom stereocenters. The maximum absolute atomic E-state index is 12.6. The molecule has 0 radical (unpaired) electrons. The van der Waals surface area contributed by atoms with E-state index in [2.05, 4.69) is 15.0 Å². The number of hydrogen-bond acceptors (Lipinski definition) is 5. The minimum Gasteiger partial charge on any atom is -0.370 e. The molecule has 0 bridgehead atoms. The molecule has 1 saturated heterocycles. The second-order valence-corrected chi connectivity index (χ2v) is 7.22. The summed E-state index contributed by atoms with van der Waals surface area (Å²) in [5.41, 5.74) is 1.73. The minimum absolute atomic E-state index is 0.111. The molecule has 1 aliphatic rings. The number of likely N-dealkylation sites (N-methyl/N-ethyl adjacent to an activating group) is 1. The number of piperidine rings is 1. The molecule has 0 aliphatic carbocycles. The van der Waals surface area contributed by atoms with E-state index >= 15 is 0 Å². The van der Waals surface area contributed by atoms with Gasteiger partial charge in [-0.05, 0) is 30.9 Å². The predicted octanol–water partition coefficient (Wildman–Crippen LogP) is 1.48. The Hall–Kier alpha value is -2.70. The molecule has 7 nitrogen and oxygen atoms in total. The summed E-state index contributed by atoms with van der Waals surface area (Å²) in [4.78, 5) is 32.7. The van der Waals surface area contributed by atoms with E-state index in [0.29, 0.717) is 18.9 Å². The van der Waals surface area contributed by atoms with Crippen LogP contribution in [0.15, 0.2) is 41.5 Å². The summed E-state index contributed by atoms with van der Waals surface area (Å²) >= 11 is 0. The first-order valence-electron chi connectivity index (χ1n) is 9.45. The van der Waals surface area contributed by atoms with Crippen LogP contribution in [-0.2, 0) is 18.3 Å². The minimum atomic E-state index is -0.111. The second kappa shape index (κ2) is 8.79. The van der Waals surface area contributed by atoms with Crippen molar-refractivity contribution in [3.05, 3.63) is 52.7 Å². The lowest BCUT2D eigenvalue weighted by Crippen LogP contribution is -2.39. The quantitative estimate of drug-likeness (QED) is 0.771. The highest BCUT2D eigenvalue weighted by Gasteiger charge is 2.24. The van der Waals surface area contributed by atoms with E-state index in [0.717, 1.165) is 43.7 Å².